The van der Waals surface area contributed by atoms with Gasteiger partial charge in [0, 0.05) is 17.8 Å². The summed E-state index contributed by atoms with van der Waals surface area (Å²) in [6.45, 7) is 1.23. The lowest BCUT2D eigenvalue weighted by molar-refractivity contribution is 0.376. The van der Waals surface area contributed by atoms with E-state index in [-0.39, 0.29) is 0 Å². The Kier molecular flexibility index (Phi) is 3.89. The summed E-state index contributed by atoms with van der Waals surface area (Å²) in [7, 11) is 0. The van der Waals surface area contributed by atoms with Crippen LogP contribution in [0.15, 0.2) is 18.2 Å². The zero-order chi connectivity index (χ0) is 14.1. The van der Waals surface area contributed by atoms with Crippen LogP contribution in [0.4, 0.5) is 5.69 Å². The fourth-order valence-corrected chi connectivity index (χ4v) is 4.84. The van der Waals surface area contributed by atoms with Gasteiger partial charge in [0.25, 0.3) is 0 Å². The minimum absolute atomic E-state index is 0.689. The molecule has 1 saturated heterocycles. The predicted molar refractivity (Wildman–Crippen MR) is 88.9 cm³/mol. The van der Waals surface area contributed by atoms with Gasteiger partial charge in [-0.15, -0.1) is 0 Å². The summed E-state index contributed by atoms with van der Waals surface area (Å²) >= 11 is 0. The van der Waals surface area contributed by atoms with E-state index in [1.54, 1.807) is 11.1 Å². The largest absolute Gasteiger partial charge is 0.382 e. The van der Waals surface area contributed by atoms with Crippen molar-refractivity contribution in [3.8, 4) is 0 Å². The highest BCUT2D eigenvalue weighted by Crippen LogP contribution is 2.36. The van der Waals surface area contributed by atoms with Crippen LogP contribution in [0.25, 0.3) is 0 Å². The molecule has 2 fully saturated rings. The first-order chi connectivity index (χ1) is 10.4. The Balaban J connectivity index is 1.52. The number of hydrogen-bond donors (Lipinski definition) is 2. The van der Waals surface area contributed by atoms with Gasteiger partial charge in [-0.1, -0.05) is 18.6 Å². The van der Waals surface area contributed by atoms with Gasteiger partial charge >= 0.3 is 0 Å². The second kappa shape index (κ2) is 6.00. The number of benzene rings is 1. The minimum atomic E-state index is 0.689. The van der Waals surface area contributed by atoms with E-state index in [0.29, 0.717) is 6.04 Å². The van der Waals surface area contributed by atoms with Gasteiger partial charge in [-0.25, -0.2) is 0 Å². The van der Waals surface area contributed by atoms with E-state index in [9.17, 15) is 0 Å². The van der Waals surface area contributed by atoms with Gasteiger partial charge in [-0.05, 0) is 81.0 Å². The molecule has 3 unspecified atom stereocenters. The Labute approximate surface area is 128 Å². The SMILES string of the molecule is c1cc2c(c(NC3CCCC3C3CCCN3)c1)CCCC2. The van der Waals surface area contributed by atoms with E-state index in [0.717, 1.165) is 12.0 Å². The molecule has 0 radical (unpaired) electrons. The average Bonchev–Trinajstić information content (AvgIpc) is 3.18. The number of hydrogen-bond acceptors (Lipinski definition) is 2. The molecular formula is C19H28N2. The maximum Gasteiger partial charge on any atom is 0.0377 e. The minimum Gasteiger partial charge on any atom is -0.382 e. The van der Waals surface area contributed by atoms with Crippen molar-refractivity contribution >= 4 is 5.69 Å². The number of aryl methyl sites for hydroxylation is 1. The molecule has 0 spiro atoms. The molecule has 21 heavy (non-hydrogen) atoms. The summed E-state index contributed by atoms with van der Waals surface area (Å²) in [6.07, 6.45) is 12.2. The van der Waals surface area contributed by atoms with Crippen LogP contribution in [0.2, 0.25) is 0 Å². The molecule has 1 aromatic rings. The third-order valence-corrected chi connectivity index (χ3v) is 5.92. The van der Waals surface area contributed by atoms with Crippen molar-refractivity contribution in [2.24, 2.45) is 5.92 Å². The normalized spacial score (nSPS) is 32.1. The lowest BCUT2D eigenvalue weighted by atomic mass is 9.89. The molecule has 2 nitrogen and oxygen atoms in total. The van der Waals surface area contributed by atoms with E-state index < -0.39 is 0 Å². The Hall–Kier alpha value is -1.02. The molecule has 1 heterocycles. The highest BCUT2D eigenvalue weighted by molar-refractivity contribution is 5.56. The summed E-state index contributed by atoms with van der Waals surface area (Å²) in [5.74, 6) is 0.840. The fraction of sp³-hybridized carbons (Fsp3) is 0.684. The molecule has 1 saturated carbocycles. The van der Waals surface area contributed by atoms with Gasteiger partial charge in [-0.3, -0.25) is 0 Å². The molecule has 2 heteroatoms. The van der Waals surface area contributed by atoms with Crippen molar-refractivity contribution < 1.29 is 0 Å². The van der Waals surface area contributed by atoms with Crippen molar-refractivity contribution in [2.45, 2.75) is 69.9 Å². The van der Waals surface area contributed by atoms with Crippen molar-refractivity contribution in [1.29, 1.82) is 0 Å². The third-order valence-electron chi connectivity index (χ3n) is 5.92. The standard InChI is InChI=1S/C19H28N2/c1-2-8-15-14(6-1)7-3-10-18(15)21-19-11-4-9-16(19)17-12-5-13-20-17/h3,7,10,16-17,19-21H,1-2,4-6,8-9,11-13H2. The monoisotopic (exact) mass is 284 g/mol. The van der Waals surface area contributed by atoms with Gasteiger partial charge in [0.05, 0.1) is 0 Å². The molecule has 0 aromatic heterocycles. The van der Waals surface area contributed by atoms with Gasteiger partial charge in [0.2, 0.25) is 0 Å². The average molecular weight is 284 g/mol. The maximum absolute atomic E-state index is 3.96. The van der Waals surface area contributed by atoms with E-state index in [2.05, 4.69) is 28.8 Å². The zero-order valence-corrected chi connectivity index (χ0v) is 13.0. The summed E-state index contributed by atoms with van der Waals surface area (Å²) in [5.41, 5.74) is 4.66. The van der Waals surface area contributed by atoms with E-state index in [1.807, 2.05) is 0 Å². The topological polar surface area (TPSA) is 24.1 Å². The summed E-state index contributed by atoms with van der Waals surface area (Å²) < 4.78 is 0. The quantitative estimate of drug-likeness (QED) is 0.879. The molecular weight excluding hydrogens is 256 g/mol. The first-order valence-corrected chi connectivity index (χ1v) is 9.02. The van der Waals surface area contributed by atoms with Crippen LogP contribution in [-0.4, -0.2) is 18.6 Å². The Bertz CT molecular complexity index is 490. The van der Waals surface area contributed by atoms with Crippen LogP contribution in [0.3, 0.4) is 0 Å². The van der Waals surface area contributed by atoms with Gasteiger partial charge in [0.15, 0.2) is 0 Å². The Morgan fingerprint density at radius 1 is 0.952 bits per heavy atom. The Morgan fingerprint density at radius 2 is 1.90 bits per heavy atom. The zero-order valence-electron chi connectivity index (χ0n) is 13.0. The second-order valence-corrected chi connectivity index (χ2v) is 7.20. The molecule has 2 N–H and O–H groups in total. The summed E-state index contributed by atoms with van der Waals surface area (Å²) in [6, 6.07) is 8.37. The number of anilines is 1. The fourth-order valence-electron chi connectivity index (χ4n) is 4.84. The molecule has 0 bridgehead atoms. The first kappa shape index (κ1) is 13.6. The summed E-state index contributed by atoms with van der Waals surface area (Å²) in [5, 5.41) is 7.69. The van der Waals surface area contributed by atoms with Crippen LogP contribution in [0.5, 0.6) is 0 Å². The molecule has 1 aliphatic heterocycles. The number of rotatable bonds is 3. The van der Waals surface area contributed by atoms with Gasteiger partial charge in [-0.2, -0.15) is 0 Å². The molecule has 4 rings (SSSR count). The third kappa shape index (κ3) is 2.70. The van der Waals surface area contributed by atoms with E-state index in [4.69, 9.17) is 0 Å². The van der Waals surface area contributed by atoms with E-state index in [1.165, 1.54) is 70.0 Å². The van der Waals surface area contributed by atoms with Crippen LogP contribution < -0.4 is 10.6 Å². The highest BCUT2D eigenvalue weighted by Gasteiger charge is 2.35. The molecule has 3 atom stereocenters. The molecule has 114 valence electrons. The molecule has 1 aromatic carbocycles. The van der Waals surface area contributed by atoms with Crippen LogP contribution in [0, 0.1) is 5.92 Å². The van der Waals surface area contributed by atoms with Crippen molar-refractivity contribution in [2.75, 3.05) is 11.9 Å². The highest BCUT2D eigenvalue weighted by atomic mass is 15.0. The molecule has 3 aliphatic rings. The Morgan fingerprint density at radius 3 is 2.81 bits per heavy atom. The van der Waals surface area contributed by atoms with Crippen molar-refractivity contribution in [3.63, 3.8) is 0 Å². The lowest BCUT2D eigenvalue weighted by Gasteiger charge is -2.29. The molecule has 2 aliphatic carbocycles. The lowest BCUT2D eigenvalue weighted by Crippen LogP contribution is -2.38. The van der Waals surface area contributed by atoms with Crippen molar-refractivity contribution in [1.82, 2.24) is 5.32 Å². The van der Waals surface area contributed by atoms with Crippen LogP contribution in [0.1, 0.15) is 56.1 Å². The number of nitrogens with one attached hydrogen (secondary N) is 2. The second-order valence-electron chi connectivity index (χ2n) is 7.20. The van der Waals surface area contributed by atoms with Crippen LogP contribution >= 0.6 is 0 Å². The smallest absolute Gasteiger partial charge is 0.0377 e. The van der Waals surface area contributed by atoms with Crippen LogP contribution in [-0.2, 0) is 12.8 Å². The first-order valence-electron chi connectivity index (χ1n) is 9.02. The summed E-state index contributed by atoms with van der Waals surface area (Å²) in [4.78, 5) is 0. The maximum atomic E-state index is 3.96. The molecule has 0 amide bonds. The predicted octanol–water partition coefficient (Wildman–Crippen LogP) is 3.90. The van der Waals surface area contributed by atoms with E-state index >= 15 is 0 Å². The number of fused-ring (bicyclic) bond motifs is 1. The van der Waals surface area contributed by atoms with Crippen molar-refractivity contribution in [3.05, 3.63) is 29.3 Å². The van der Waals surface area contributed by atoms with Gasteiger partial charge < -0.3 is 10.6 Å². The van der Waals surface area contributed by atoms with Gasteiger partial charge in [0.1, 0.15) is 0 Å².